The molecule has 0 saturated heterocycles. The number of nitrogens with zero attached hydrogens (tertiary/aromatic N) is 10. The van der Waals surface area contributed by atoms with E-state index in [4.69, 9.17) is 29.9 Å². The first-order valence-electron chi connectivity index (χ1n) is 38.5. The lowest BCUT2D eigenvalue weighted by Crippen LogP contribution is -2.01. The zero-order valence-electron chi connectivity index (χ0n) is 62.6. The lowest BCUT2D eigenvalue weighted by molar-refractivity contribution is 1.07. The van der Waals surface area contributed by atoms with E-state index in [9.17, 15) is 0 Å². The van der Waals surface area contributed by atoms with Gasteiger partial charge in [0.25, 0.3) is 0 Å². The van der Waals surface area contributed by atoms with Crippen LogP contribution in [0.1, 0.15) is 11.1 Å². The number of hydrogen-bond acceptors (Lipinski definition) is 6. The third-order valence-electron chi connectivity index (χ3n) is 21.5. The Morgan fingerprint density at radius 1 is 0.149 bits per heavy atom. The van der Waals surface area contributed by atoms with E-state index in [1.807, 2.05) is 121 Å². The van der Waals surface area contributed by atoms with Gasteiger partial charge in [0.2, 0.25) is 0 Å². The predicted octanol–water partition coefficient (Wildman–Crippen LogP) is 26.1. The van der Waals surface area contributed by atoms with Gasteiger partial charge in [0.1, 0.15) is 0 Å². The van der Waals surface area contributed by atoms with E-state index in [-0.39, 0.29) is 0 Å². The summed E-state index contributed by atoms with van der Waals surface area (Å²) in [4.78, 5) is 29.6. The minimum absolute atomic E-state index is 0.631. The fourth-order valence-corrected chi connectivity index (χ4v) is 16.2. The van der Waals surface area contributed by atoms with E-state index in [0.717, 1.165) is 61.5 Å². The molecule has 114 heavy (non-hydrogen) atoms. The van der Waals surface area contributed by atoms with Gasteiger partial charge in [0.15, 0.2) is 34.9 Å². The number of rotatable bonds is 11. The molecule has 0 aliphatic rings. The Kier molecular flexibility index (Phi) is 17.5. The summed E-state index contributed by atoms with van der Waals surface area (Å²) in [5.41, 5.74) is 24.7. The molecule has 6 aromatic heterocycles. The molecule has 0 saturated carbocycles. The van der Waals surface area contributed by atoms with Crippen LogP contribution < -0.4 is 0 Å². The van der Waals surface area contributed by atoms with Gasteiger partial charge >= 0.3 is 0 Å². The lowest BCUT2D eigenvalue weighted by atomic mass is 10.0. The minimum atomic E-state index is 0.631. The molecule has 0 bridgehead atoms. The van der Waals surface area contributed by atoms with Crippen molar-refractivity contribution in [3.05, 3.63) is 412 Å². The van der Waals surface area contributed by atoms with Crippen molar-refractivity contribution < 1.29 is 0 Å². The smallest absolute Gasteiger partial charge is 0.164 e. The van der Waals surface area contributed by atoms with Crippen LogP contribution in [0.2, 0.25) is 0 Å². The van der Waals surface area contributed by atoms with Crippen LogP contribution in [0.3, 0.4) is 0 Å². The fraction of sp³-hybridized carbons (Fsp3) is 0.0192. The molecule has 16 aromatic carbocycles. The summed E-state index contributed by atoms with van der Waals surface area (Å²) in [7, 11) is 0. The third kappa shape index (κ3) is 12.7. The van der Waals surface area contributed by atoms with Crippen LogP contribution in [-0.4, -0.2) is 48.2 Å². The highest BCUT2D eigenvalue weighted by Gasteiger charge is 2.21. The quantitative estimate of drug-likeness (QED) is 0.128. The van der Waals surface area contributed by atoms with Crippen molar-refractivity contribution in [1.29, 1.82) is 0 Å². The van der Waals surface area contributed by atoms with Crippen LogP contribution in [0.25, 0.3) is 189 Å². The van der Waals surface area contributed by atoms with Crippen LogP contribution in [0, 0.1) is 13.8 Å². The van der Waals surface area contributed by atoms with E-state index >= 15 is 0 Å². The van der Waals surface area contributed by atoms with Gasteiger partial charge < -0.3 is 18.3 Å². The molecule has 0 spiro atoms. The van der Waals surface area contributed by atoms with Crippen molar-refractivity contribution in [2.24, 2.45) is 0 Å². The Bertz CT molecular complexity index is 7240. The molecule has 538 valence electrons. The molecular weight excluding hydrogens is 1390 g/mol. The average Bonchev–Trinajstić information content (AvgIpc) is 1.59. The van der Waals surface area contributed by atoms with Gasteiger partial charge in [-0.25, -0.2) is 29.9 Å². The average molecular weight is 1460 g/mol. The van der Waals surface area contributed by atoms with Crippen molar-refractivity contribution in [2.45, 2.75) is 13.8 Å². The second-order valence-electron chi connectivity index (χ2n) is 28.8. The molecule has 0 atom stereocenters. The molecule has 0 unspecified atom stereocenters. The molecule has 0 N–H and O–H groups in total. The highest BCUT2D eigenvalue weighted by Crippen LogP contribution is 2.41. The summed E-state index contributed by atoms with van der Waals surface area (Å²) in [6.45, 7) is 4.29. The standard InChI is InChI=1S/C51H33N5.C34H24N4.C19H15N/c1-4-15-34(16-5-1)49-52-50(35-17-6-2-7-18-35)54-51(53-49)38-19-14-22-40(31-38)56-46-26-13-11-24-42(46)44-33-37(28-30-48(44)56)36-27-29-47-43(32-36)41-23-10-12-25-45(41)55(47)39-20-8-3-9-21-39;1-23-19-20-31-29(21-23)28-17-8-9-18-30(28)38(31)27-16-10-15-26(22-27)34-36-32(24-11-4-2-5-12-24)35-33(37-34)25-13-6-3-7-14-25;1-14-11-12-19-17(13-14)16-9-5-6-10-18(16)20(19)15-7-3-2-4-8-15/h1-33H;2-22H,1H3;2-13H,1H3. The molecule has 22 rings (SSSR count). The Hall–Kier alpha value is -15.3. The summed E-state index contributed by atoms with van der Waals surface area (Å²) in [6, 6.07) is 140. The van der Waals surface area contributed by atoms with Crippen molar-refractivity contribution >= 4 is 87.2 Å². The second kappa shape index (κ2) is 29.3. The fourth-order valence-electron chi connectivity index (χ4n) is 16.2. The molecule has 0 radical (unpaired) electrons. The first-order chi connectivity index (χ1) is 56.3. The largest absolute Gasteiger partial charge is 0.309 e. The number of aryl methyl sites for hydroxylation is 2. The number of hydrogen-bond donors (Lipinski definition) is 0. The summed E-state index contributed by atoms with van der Waals surface area (Å²) in [6.07, 6.45) is 0. The maximum Gasteiger partial charge on any atom is 0.164 e. The van der Waals surface area contributed by atoms with Crippen LogP contribution in [-0.2, 0) is 0 Å². The first kappa shape index (κ1) is 68.0. The van der Waals surface area contributed by atoms with Crippen molar-refractivity contribution in [2.75, 3.05) is 0 Å². The van der Waals surface area contributed by atoms with Gasteiger partial charge in [0, 0.05) is 99.2 Å². The molecule has 10 nitrogen and oxygen atoms in total. The highest BCUT2D eigenvalue weighted by molar-refractivity contribution is 6.14. The zero-order valence-corrected chi connectivity index (χ0v) is 62.6. The van der Waals surface area contributed by atoms with Crippen LogP contribution >= 0.6 is 0 Å². The molecule has 22 aromatic rings. The molecule has 0 fully saturated rings. The van der Waals surface area contributed by atoms with E-state index in [2.05, 4.69) is 311 Å². The molecule has 6 heterocycles. The third-order valence-corrected chi connectivity index (χ3v) is 21.5. The molecule has 0 aliphatic carbocycles. The molecular formula is C104H72N10. The molecule has 0 aliphatic heterocycles. The van der Waals surface area contributed by atoms with Gasteiger partial charge in [0.05, 0.1) is 44.1 Å². The maximum absolute atomic E-state index is 5.02. The Labute approximate surface area is 658 Å². The van der Waals surface area contributed by atoms with Gasteiger partial charge in [-0.3, -0.25) is 0 Å². The van der Waals surface area contributed by atoms with Crippen molar-refractivity contribution in [3.8, 4) is 102 Å². The Balaban J connectivity index is 0.000000124. The van der Waals surface area contributed by atoms with E-state index < -0.39 is 0 Å². The second-order valence-corrected chi connectivity index (χ2v) is 28.8. The molecule has 10 heteroatoms. The lowest BCUT2D eigenvalue weighted by Gasteiger charge is -2.12. The maximum atomic E-state index is 5.02. The van der Waals surface area contributed by atoms with Gasteiger partial charge in [-0.2, -0.15) is 0 Å². The summed E-state index contributed by atoms with van der Waals surface area (Å²) >= 11 is 0. The zero-order chi connectivity index (χ0) is 76.0. The monoisotopic (exact) mass is 1460 g/mol. The number of benzene rings is 16. The van der Waals surface area contributed by atoms with Gasteiger partial charge in [-0.1, -0.05) is 290 Å². The topological polar surface area (TPSA) is 97.1 Å². The van der Waals surface area contributed by atoms with E-state index in [1.54, 1.807) is 0 Å². The van der Waals surface area contributed by atoms with Crippen LogP contribution in [0.4, 0.5) is 0 Å². The van der Waals surface area contributed by atoms with E-state index in [1.165, 1.54) is 104 Å². The van der Waals surface area contributed by atoms with Crippen LogP contribution in [0.15, 0.2) is 400 Å². The number of fused-ring (bicyclic) bond motifs is 12. The van der Waals surface area contributed by atoms with E-state index in [0.29, 0.717) is 34.9 Å². The highest BCUT2D eigenvalue weighted by atomic mass is 15.1. The Morgan fingerprint density at radius 2 is 0.368 bits per heavy atom. The summed E-state index contributed by atoms with van der Waals surface area (Å²) in [5, 5.41) is 10.0. The van der Waals surface area contributed by atoms with Crippen LogP contribution in [0.5, 0.6) is 0 Å². The van der Waals surface area contributed by atoms with Gasteiger partial charge in [-0.15, -0.1) is 0 Å². The number of aromatic nitrogens is 10. The first-order valence-corrected chi connectivity index (χ1v) is 38.5. The summed E-state index contributed by atoms with van der Waals surface area (Å²) < 4.78 is 9.38. The number of para-hydroxylation sites is 6. The normalized spacial score (nSPS) is 11.4. The van der Waals surface area contributed by atoms with Gasteiger partial charge in [-0.05, 0) is 146 Å². The van der Waals surface area contributed by atoms with Crippen molar-refractivity contribution in [3.63, 3.8) is 0 Å². The SMILES string of the molecule is Cc1ccc2c(c1)c1ccccc1n2-c1cccc(-c2nc(-c3ccccc3)nc(-c3ccccc3)n2)c1.Cc1ccc2c(c1)c1ccccc1n2-c1ccccc1.c1ccc(-c2nc(-c3ccccc3)nc(-c3cccc(-n4c5ccccc5c5cc(-c6ccc7c(c6)c6ccccc6n7-c6ccccc6)ccc54)c3)n2)cc1. The van der Waals surface area contributed by atoms with Crippen molar-refractivity contribution in [1.82, 2.24) is 48.2 Å². The molecule has 0 amide bonds. The Morgan fingerprint density at radius 3 is 0.675 bits per heavy atom. The predicted molar refractivity (Wildman–Crippen MR) is 471 cm³/mol. The minimum Gasteiger partial charge on any atom is -0.309 e. The summed E-state index contributed by atoms with van der Waals surface area (Å²) in [5.74, 6) is 3.89.